The van der Waals surface area contributed by atoms with Gasteiger partial charge in [-0.3, -0.25) is 0 Å². The average molecular weight is 309 g/mol. The molecule has 6 heteroatoms. The molecule has 0 amide bonds. The van der Waals surface area contributed by atoms with Gasteiger partial charge in [0.2, 0.25) is 0 Å². The number of rotatable bonds is 5. The zero-order valence-electron chi connectivity index (χ0n) is 11.6. The second-order valence-corrected chi connectivity index (χ2v) is 6.02. The Morgan fingerprint density at radius 2 is 2.25 bits per heavy atom. The third-order valence-corrected chi connectivity index (χ3v) is 4.63. The summed E-state index contributed by atoms with van der Waals surface area (Å²) in [5.41, 5.74) is 3.05. The summed E-state index contributed by atoms with van der Waals surface area (Å²) in [5, 5.41) is 6.65. The predicted molar refractivity (Wildman–Crippen MR) is 83.5 cm³/mol. The Morgan fingerprint density at radius 1 is 1.40 bits per heavy atom. The molecule has 0 aliphatic carbocycles. The monoisotopic (exact) mass is 308 g/mol. The highest BCUT2D eigenvalue weighted by atomic mass is 35.5. The largest absolute Gasteiger partial charge is 0.312 e. The first-order chi connectivity index (χ1) is 9.74. The fourth-order valence-corrected chi connectivity index (χ4v) is 3.41. The van der Waals surface area contributed by atoms with Gasteiger partial charge in [-0.05, 0) is 31.7 Å². The van der Waals surface area contributed by atoms with Crippen molar-refractivity contribution in [2.75, 3.05) is 0 Å². The lowest BCUT2D eigenvalue weighted by Gasteiger charge is -2.08. The molecule has 0 saturated heterocycles. The van der Waals surface area contributed by atoms with Gasteiger partial charge < -0.3 is 4.57 Å². The first kappa shape index (κ1) is 13.6. The van der Waals surface area contributed by atoms with E-state index in [1.165, 1.54) is 4.88 Å². The molecule has 3 aromatic rings. The van der Waals surface area contributed by atoms with Crippen molar-refractivity contribution in [3.05, 3.63) is 33.9 Å². The van der Waals surface area contributed by atoms with Crippen LogP contribution >= 0.6 is 22.9 Å². The number of nitrogens with zero attached hydrogens (tertiary/aromatic N) is 4. The fourth-order valence-electron chi connectivity index (χ4n) is 2.50. The number of fused-ring (bicyclic) bond motifs is 1. The van der Waals surface area contributed by atoms with Crippen LogP contribution in [-0.2, 0) is 25.4 Å². The topological polar surface area (TPSA) is 35.6 Å². The highest BCUT2D eigenvalue weighted by Crippen LogP contribution is 2.22. The van der Waals surface area contributed by atoms with Gasteiger partial charge in [0.1, 0.15) is 11.3 Å². The van der Waals surface area contributed by atoms with E-state index in [-0.39, 0.29) is 0 Å². The third-order valence-electron chi connectivity index (χ3n) is 3.46. The second-order valence-electron chi connectivity index (χ2n) is 4.72. The zero-order valence-corrected chi connectivity index (χ0v) is 13.2. The second kappa shape index (κ2) is 5.58. The highest BCUT2D eigenvalue weighted by Gasteiger charge is 2.17. The van der Waals surface area contributed by atoms with Crippen LogP contribution in [0.5, 0.6) is 0 Å². The molecule has 0 spiro atoms. The highest BCUT2D eigenvalue weighted by molar-refractivity contribution is 7.09. The SMILES string of the molecule is CCn1nc(C)c2nc(CCl)n(CCc3cccs3)c21. The zero-order chi connectivity index (χ0) is 14.1. The number of alkyl halides is 1. The lowest BCUT2D eigenvalue weighted by molar-refractivity contribution is 0.617. The number of halogens is 1. The van der Waals surface area contributed by atoms with E-state index in [1.54, 1.807) is 11.3 Å². The van der Waals surface area contributed by atoms with Crippen LogP contribution in [0.25, 0.3) is 11.2 Å². The lowest BCUT2D eigenvalue weighted by Crippen LogP contribution is -2.09. The van der Waals surface area contributed by atoms with Gasteiger partial charge >= 0.3 is 0 Å². The van der Waals surface area contributed by atoms with Crippen LogP contribution in [0.4, 0.5) is 0 Å². The van der Waals surface area contributed by atoms with Crippen molar-refractivity contribution in [3.8, 4) is 0 Å². The summed E-state index contributed by atoms with van der Waals surface area (Å²) in [6.45, 7) is 5.84. The van der Waals surface area contributed by atoms with E-state index in [2.05, 4.69) is 39.1 Å². The van der Waals surface area contributed by atoms with Crippen LogP contribution in [0.15, 0.2) is 17.5 Å². The maximum Gasteiger partial charge on any atom is 0.158 e. The van der Waals surface area contributed by atoms with Gasteiger partial charge in [-0.25, -0.2) is 9.67 Å². The third kappa shape index (κ3) is 2.25. The molecular formula is C14H17ClN4S. The maximum absolute atomic E-state index is 6.06. The number of hydrogen-bond acceptors (Lipinski definition) is 3. The number of aryl methyl sites for hydroxylation is 4. The molecule has 0 bridgehead atoms. The van der Waals surface area contributed by atoms with E-state index in [0.717, 1.165) is 42.2 Å². The normalized spacial score (nSPS) is 11.6. The minimum atomic E-state index is 0.433. The van der Waals surface area contributed by atoms with Gasteiger partial charge in [-0.2, -0.15) is 5.10 Å². The first-order valence-electron chi connectivity index (χ1n) is 6.75. The van der Waals surface area contributed by atoms with E-state index in [0.29, 0.717) is 5.88 Å². The Hall–Kier alpha value is -1.33. The number of imidazole rings is 1. The minimum Gasteiger partial charge on any atom is -0.312 e. The molecular weight excluding hydrogens is 292 g/mol. The predicted octanol–water partition coefficient (Wildman–Crippen LogP) is 3.60. The van der Waals surface area contributed by atoms with Crippen molar-refractivity contribution in [2.24, 2.45) is 0 Å². The van der Waals surface area contributed by atoms with E-state index < -0.39 is 0 Å². The van der Waals surface area contributed by atoms with E-state index in [1.807, 2.05) is 11.6 Å². The Morgan fingerprint density at radius 3 is 2.90 bits per heavy atom. The van der Waals surface area contributed by atoms with Crippen LogP contribution in [0, 0.1) is 6.92 Å². The van der Waals surface area contributed by atoms with Crippen LogP contribution in [0.1, 0.15) is 23.3 Å². The Bertz CT molecular complexity index is 711. The molecule has 3 rings (SSSR count). The van der Waals surface area contributed by atoms with Crippen molar-refractivity contribution in [3.63, 3.8) is 0 Å². The summed E-state index contributed by atoms with van der Waals surface area (Å²) in [7, 11) is 0. The van der Waals surface area contributed by atoms with Crippen molar-refractivity contribution in [1.29, 1.82) is 0 Å². The molecule has 3 heterocycles. The minimum absolute atomic E-state index is 0.433. The van der Waals surface area contributed by atoms with Crippen molar-refractivity contribution < 1.29 is 0 Å². The first-order valence-corrected chi connectivity index (χ1v) is 8.16. The van der Waals surface area contributed by atoms with E-state index in [9.17, 15) is 0 Å². The Labute approximate surface area is 127 Å². The average Bonchev–Trinajstić information content (AvgIpc) is 3.14. The maximum atomic E-state index is 6.06. The molecule has 20 heavy (non-hydrogen) atoms. The summed E-state index contributed by atoms with van der Waals surface area (Å²) in [6, 6.07) is 4.26. The summed E-state index contributed by atoms with van der Waals surface area (Å²) in [5.74, 6) is 1.36. The van der Waals surface area contributed by atoms with Crippen molar-refractivity contribution >= 4 is 34.1 Å². The van der Waals surface area contributed by atoms with Gasteiger partial charge in [0.25, 0.3) is 0 Å². The number of aromatic nitrogens is 4. The summed E-state index contributed by atoms with van der Waals surface area (Å²) >= 11 is 7.85. The summed E-state index contributed by atoms with van der Waals surface area (Å²) in [4.78, 5) is 6.03. The summed E-state index contributed by atoms with van der Waals surface area (Å²) < 4.78 is 4.23. The van der Waals surface area contributed by atoms with E-state index >= 15 is 0 Å². The molecule has 3 aromatic heterocycles. The molecule has 0 unspecified atom stereocenters. The number of thiophene rings is 1. The van der Waals surface area contributed by atoms with Crippen molar-refractivity contribution in [2.45, 2.75) is 39.2 Å². The molecule has 4 nitrogen and oxygen atoms in total. The van der Waals surface area contributed by atoms with Gasteiger partial charge in [0.05, 0.1) is 11.6 Å². The van der Waals surface area contributed by atoms with Crippen LogP contribution < -0.4 is 0 Å². The Kier molecular flexibility index (Phi) is 3.81. The molecule has 0 aliphatic rings. The quantitative estimate of drug-likeness (QED) is 0.675. The van der Waals surface area contributed by atoms with Gasteiger partial charge in [-0.1, -0.05) is 6.07 Å². The van der Waals surface area contributed by atoms with Crippen LogP contribution in [-0.4, -0.2) is 19.3 Å². The molecule has 0 fully saturated rings. The molecule has 0 atom stereocenters. The Balaban J connectivity index is 2.02. The van der Waals surface area contributed by atoms with Gasteiger partial charge in [0, 0.05) is 18.0 Å². The standard InChI is InChI=1S/C14H17ClN4S/c1-3-19-14-13(10(2)17-19)16-12(9-15)18(14)7-6-11-5-4-8-20-11/h4-5,8H,3,6-7,9H2,1-2H3. The molecule has 0 aliphatic heterocycles. The van der Waals surface area contributed by atoms with Crippen LogP contribution in [0.3, 0.4) is 0 Å². The van der Waals surface area contributed by atoms with Gasteiger partial charge in [0.15, 0.2) is 5.65 Å². The number of hydrogen-bond donors (Lipinski definition) is 0. The molecule has 0 saturated carbocycles. The van der Waals surface area contributed by atoms with Gasteiger partial charge in [-0.15, -0.1) is 22.9 Å². The summed E-state index contributed by atoms with van der Waals surface area (Å²) in [6.07, 6.45) is 1.00. The molecule has 0 N–H and O–H groups in total. The molecule has 0 aromatic carbocycles. The van der Waals surface area contributed by atoms with Crippen molar-refractivity contribution in [1.82, 2.24) is 19.3 Å². The van der Waals surface area contributed by atoms with E-state index in [4.69, 9.17) is 11.6 Å². The molecule has 0 radical (unpaired) electrons. The fraction of sp³-hybridized carbons (Fsp3) is 0.429. The smallest absolute Gasteiger partial charge is 0.158 e. The van der Waals surface area contributed by atoms with Crippen LogP contribution in [0.2, 0.25) is 0 Å². The lowest BCUT2D eigenvalue weighted by atomic mass is 10.3. The molecule has 106 valence electrons.